The fraction of sp³-hybridized carbons (Fsp3) is 0.278. The lowest BCUT2D eigenvalue weighted by molar-refractivity contribution is -0.118. The number of amides is 1. The van der Waals surface area contributed by atoms with Crippen LogP contribution in [0.5, 0.6) is 5.75 Å². The SMILES string of the molecule is Cc1ccc(S(=O)(=O)N(C)CC(=O)N2CCOc3ccccc32)cc1. The Morgan fingerprint density at radius 3 is 2.56 bits per heavy atom. The Hall–Kier alpha value is -2.38. The number of aryl methyl sites for hydroxylation is 1. The van der Waals surface area contributed by atoms with Crippen molar-refractivity contribution in [3.8, 4) is 5.75 Å². The van der Waals surface area contributed by atoms with Crippen LogP contribution in [-0.2, 0) is 14.8 Å². The van der Waals surface area contributed by atoms with E-state index in [0.29, 0.717) is 24.6 Å². The van der Waals surface area contributed by atoms with Gasteiger partial charge in [0, 0.05) is 7.05 Å². The second-order valence-corrected chi connectivity index (χ2v) is 7.98. The van der Waals surface area contributed by atoms with Crippen molar-refractivity contribution in [3.05, 3.63) is 54.1 Å². The standard InChI is InChI=1S/C18H20N2O4S/c1-14-7-9-15(10-8-14)25(22,23)19(2)13-18(21)20-11-12-24-17-6-4-3-5-16(17)20/h3-10H,11-13H2,1-2H3. The van der Waals surface area contributed by atoms with E-state index in [9.17, 15) is 13.2 Å². The van der Waals surface area contributed by atoms with E-state index < -0.39 is 10.0 Å². The number of rotatable bonds is 4. The third-order valence-corrected chi connectivity index (χ3v) is 5.93. The molecule has 1 aliphatic heterocycles. The van der Waals surface area contributed by atoms with Crippen molar-refractivity contribution in [1.29, 1.82) is 0 Å². The fourth-order valence-corrected chi connectivity index (χ4v) is 3.80. The van der Waals surface area contributed by atoms with Crippen LogP contribution >= 0.6 is 0 Å². The summed E-state index contributed by atoms with van der Waals surface area (Å²) >= 11 is 0. The highest BCUT2D eigenvalue weighted by Gasteiger charge is 2.28. The molecule has 1 amide bonds. The molecular formula is C18H20N2O4S. The first-order valence-electron chi connectivity index (χ1n) is 7.95. The first-order valence-corrected chi connectivity index (χ1v) is 9.39. The number of para-hydroxylation sites is 2. The van der Waals surface area contributed by atoms with Gasteiger partial charge in [0.1, 0.15) is 12.4 Å². The maximum atomic E-state index is 12.7. The van der Waals surface area contributed by atoms with Crippen LogP contribution in [0.3, 0.4) is 0 Å². The highest BCUT2D eigenvalue weighted by molar-refractivity contribution is 7.89. The fourth-order valence-electron chi connectivity index (χ4n) is 2.68. The molecule has 0 radical (unpaired) electrons. The molecule has 0 spiro atoms. The first kappa shape index (κ1) is 17.4. The van der Waals surface area contributed by atoms with Crippen molar-refractivity contribution < 1.29 is 17.9 Å². The zero-order valence-electron chi connectivity index (χ0n) is 14.2. The number of carbonyl (C=O) groups is 1. The van der Waals surface area contributed by atoms with Gasteiger partial charge < -0.3 is 9.64 Å². The summed E-state index contributed by atoms with van der Waals surface area (Å²) in [4.78, 5) is 14.4. The Kier molecular flexibility index (Phi) is 4.78. The lowest BCUT2D eigenvalue weighted by Crippen LogP contribution is -2.44. The molecule has 3 rings (SSSR count). The summed E-state index contributed by atoms with van der Waals surface area (Å²) in [6.45, 7) is 2.44. The van der Waals surface area contributed by atoms with Gasteiger partial charge in [0.2, 0.25) is 15.9 Å². The van der Waals surface area contributed by atoms with Gasteiger partial charge in [-0.25, -0.2) is 8.42 Å². The van der Waals surface area contributed by atoms with Gasteiger partial charge in [-0.1, -0.05) is 29.8 Å². The van der Waals surface area contributed by atoms with Gasteiger partial charge >= 0.3 is 0 Å². The van der Waals surface area contributed by atoms with Gasteiger partial charge in [-0.15, -0.1) is 0 Å². The minimum absolute atomic E-state index is 0.177. The molecule has 0 fully saturated rings. The van der Waals surface area contributed by atoms with E-state index in [1.807, 2.05) is 19.1 Å². The van der Waals surface area contributed by atoms with Crippen molar-refractivity contribution in [2.45, 2.75) is 11.8 Å². The van der Waals surface area contributed by atoms with Crippen LogP contribution in [0.4, 0.5) is 5.69 Å². The molecular weight excluding hydrogens is 340 g/mol. The maximum Gasteiger partial charge on any atom is 0.243 e. The first-order chi connectivity index (χ1) is 11.9. The van der Waals surface area contributed by atoms with E-state index in [1.165, 1.54) is 7.05 Å². The van der Waals surface area contributed by atoms with Crippen molar-refractivity contribution in [3.63, 3.8) is 0 Å². The van der Waals surface area contributed by atoms with Gasteiger partial charge in [-0.2, -0.15) is 4.31 Å². The Morgan fingerprint density at radius 1 is 1.16 bits per heavy atom. The van der Waals surface area contributed by atoms with E-state index in [4.69, 9.17) is 4.74 Å². The van der Waals surface area contributed by atoms with Gasteiger partial charge in [0.25, 0.3) is 0 Å². The third kappa shape index (κ3) is 3.52. The number of likely N-dealkylation sites (N-methyl/N-ethyl adjacent to an activating group) is 1. The van der Waals surface area contributed by atoms with Crippen molar-refractivity contribution in [2.75, 3.05) is 31.6 Å². The Labute approximate surface area is 147 Å². The van der Waals surface area contributed by atoms with Crippen LogP contribution in [0, 0.1) is 6.92 Å². The minimum atomic E-state index is -3.71. The predicted molar refractivity (Wildman–Crippen MR) is 95.3 cm³/mol. The number of hydrogen-bond donors (Lipinski definition) is 0. The summed E-state index contributed by atoms with van der Waals surface area (Å²) in [7, 11) is -2.30. The van der Waals surface area contributed by atoms with Gasteiger partial charge in [0.15, 0.2) is 0 Å². The smallest absolute Gasteiger partial charge is 0.243 e. The molecule has 6 nitrogen and oxygen atoms in total. The average Bonchev–Trinajstić information content (AvgIpc) is 2.61. The maximum absolute atomic E-state index is 12.7. The number of sulfonamides is 1. The van der Waals surface area contributed by atoms with Crippen molar-refractivity contribution in [2.24, 2.45) is 0 Å². The lowest BCUT2D eigenvalue weighted by Gasteiger charge is -2.30. The Balaban J connectivity index is 1.78. The zero-order chi connectivity index (χ0) is 18.0. The molecule has 2 aromatic carbocycles. The molecule has 25 heavy (non-hydrogen) atoms. The molecule has 1 heterocycles. The molecule has 0 bridgehead atoms. The van der Waals surface area contributed by atoms with Crippen LogP contribution in [-0.4, -0.2) is 45.4 Å². The highest BCUT2D eigenvalue weighted by atomic mass is 32.2. The summed E-state index contributed by atoms with van der Waals surface area (Å²) in [6.07, 6.45) is 0. The Morgan fingerprint density at radius 2 is 1.84 bits per heavy atom. The number of hydrogen-bond acceptors (Lipinski definition) is 4. The molecule has 7 heteroatoms. The number of carbonyl (C=O) groups excluding carboxylic acids is 1. The van der Waals surface area contributed by atoms with Crippen LogP contribution < -0.4 is 9.64 Å². The minimum Gasteiger partial charge on any atom is -0.490 e. The van der Waals surface area contributed by atoms with E-state index in [0.717, 1.165) is 9.87 Å². The third-order valence-electron chi connectivity index (χ3n) is 4.12. The van der Waals surface area contributed by atoms with Crippen LogP contribution in [0.25, 0.3) is 0 Å². The number of anilines is 1. The number of nitrogens with zero attached hydrogens (tertiary/aromatic N) is 2. The van der Waals surface area contributed by atoms with E-state index in [1.54, 1.807) is 41.3 Å². The van der Waals surface area contributed by atoms with Gasteiger partial charge in [0.05, 0.1) is 23.7 Å². The highest BCUT2D eigenvalue weighted by Crippen LogP contribution is 2.31. The number of ether oxygens (including phenoxy) is 1. The average molecular weight is 360 g/mol. The largest absolute Gasteiger partial charge is 0.490 e. The van der Waals surface area contributed by atoms with Crippen LogP contribution in [0.15, 0.2) is 53.4 Å². The van der Waals surface area contributed by atoms with E-state index in [-0.39, 0.29) is 17.3 Å². The lowest BCUT2D eigenvalue weighted by atomic mass is 10.2. The van der Waals surface area contributed by atoms with Gasteiger partial charge in [-0.05, 0) is 31.2 Å². The van der Waals surface area contributed by atoms with Gasteiger partial charge in [-0.3, -0.25) is 4.79 Å². The molecule has 0 aliphatic carbocycles. The molecule has 0 N–H and O–H groups in total. The number of fused-ring (bicyclic) bond motifs is 1. The monoisotopic (exact) mass is 360 g/mol. The molecule has 2 aromatic rings. The van der Waals surface area contributed by atoms with Crippen molar-refractivity contribution >= 4 is 21.6 Å². The normalized spacial score (nSPS) is 14.1. The zero-order valence-corrected chi connectivity index (χ0v) is 15.0. The topological polar surface area (TPSA) is 66.9 Å². The van der Waals surface area contributed by atoms with E-state index in [2.05, 4.69) is 0 Å². The summed E-state index contributed by atoms with van der Waals surface area (Å²) in [5.41, 5.74) is 1.64. The van der Waals surface area contributed by atoms with Crippen LogP contribution in [0.2, 0.25) is 0 Å². The molecule has 0 saturated carbocycles. The Bertz CT molecular complexity index is 878. The molecule has 0 unspecified atom stereocenters. The second kappa shape index (κ2) is 6.85. The summed E-state index contributed by atoms with van der Waals surface area (Å²) in [5.74, 6) is 0.347. The second-order valence-electron chi connectivity index (χ2n) is 5.94. The summed E-state index contributed by atoms with van der Waals surface area (Å²) < 4.78 is 31.9. The number of benzene rings is 2. The molecule has 0 aromatic heterocycles. The van der Waals surface area contributed by atoms with E-state index >= 15 is 0 Å². The summed E-state index contributed by atoms with van der Waals surface area (Å²) in [5, 5.41) is 0. The molecule has 132 valence electrons. The quantitative estimate of drug-likeness (QED) is 0.837. The molecule has 0 atom stereocenters. The molecule has 1 aliphatic rings. The predicted octanol–water partition coefficient (Wildman–Crippen LogP) is 2.04. The summed E-state index contributed by atoms with van der Waals surface area (Å²) in [6, 6.07) is 13.8. The molecule has 0 saturated heterocycles. The van der Waals surface area contributed by atoms with Crippen LogP contribution in [0.1, 0.15) is 5.56 Å². The van der Waals surface area contributed by atoms with Crippen molar-refractivity contribution in [1.82, 2.24) is 4.31 Å².